The minimum Gasteiger partial charge on any atom is -0.452 e. The monoisotopic (exact) mass is 490 g/mol. The SMILES string of the molecule is CO[C@@H](C(=O)O[C@@H](CC=C(C)CCCC(C)CO[Si](C)(C)C(C)(C)C)C(C)=O)c1ccccc1. The van der Waals surface area contributed by atoms with Crippen LogP contribution in [0.15, 0.2) is 42.0 Å². The van der Waals surface area contributed by atoms with Gasteiger partial charge in [-0.1, -0.05) is 69.7 Å². The van der Waals surface area contributed by atoms with Crippen molar-refractivity contribution in [2.45, 2.75) is 97.6 Å². The van der Waals surface area contributed by atoms with Crippen molar-refractivity contribution in [3.05, 3.63) is 47.5 Å². The zero-order valence-electron chi connectivity index (χ0n) is 22.8. The van der Waals surface area contributed by atoms with E-state index in [0.717, 1.165) is 25.9 Å². The molecule has 0 radical (unpaired) electrons. The van der Waals surface area contributed by atoms with Crippen molar-refractivity contribution in [2.24, 2.45) is 5.92 Å². The maximum absolute atomic E-state index is 12.6. The molecule has 34 heavy (non-hydrogen) atoms. The van der Waals surface area contributed by atoms with Gasteiger partial charge in [0, 0.05) is 20.1 Å². The summed E-state index contributed by atoms with van der Waals surface area (Å²) in [6.07, 6.45) is 3.85. The van der Waals surface area contributed by atoms with Crippen LogP contribution in [0.3, 0.4) is 0 Å². The van der Waals surface area contributed by atoms with Gasteiger partial charge in [-0.3, -0.25) is 4.79 Å². The first-order chi connectivity index (χ1) is 15.8. The van der Waals surface area contributed by atoms with Gasteiger partial charge in [0.15, 0.2) is 26.3 Å². The molecule has 0 saturated carbocycles. The number of ether oxygens (including phenoxy) is 2. The molecule has 0 saturated heterocycles. The number of hydrogen-bond donors (Lipinski definition) is 0. The van der Waals surface area contributed by atoms with Crippen LogP contribution in [0, 0.1) is 5.92 Å². The van der Waals surface area contributed by atoms with Crippen LogP contribution in [0.2, 0.25) is 18.1 Å². The predicted octanol–water partition coefficient (Wildman–Crippen LogP) is 7.04. The molecule has 3 atom stereocenters. The van der Waals surface area contributed by atoms with Crippen molar-refractivity contribution in [2.75, 3.05) is 13.7 Å². The highest BCUT2D eigenvalue weighted by atomic mass is 28.4. The summed E-state index contributed by atoms with van der Waals surface area (Å²) >= 11 is 0. The molecule has 6 heteroatoms. The number of carbonyl (C=O) groups is 2. The van der Waals surface area contributed by atoms with E-state index in [2.05, 4.69) is 47.7 Å². The Bertz CT molecular complexity index is 795. The molecule has 0 aliphatic heterocycles. The second-order valence-corrected chi connectivity index (χ2v) is 15.7. The van der Waals surface area contributed by atoms with Gasteiger partial charge in [0.05, 0.1) is 0 Å². The van der Waals surface area contributed by atoms with E-state index in [-0.39, 0.29) is 10.8 Å². The van der Waals surface area contributed by atoms with E-state index in [4.69, 9.17) is 13.9 Å². The molecule has 5 nitrogen and oxygen atoms in total. The molecule has 0 spiro atoms. The normalized spacial score (nSPS) is 15.5. The van der Waals surface area contributed by atoms with E-state index < -0.39 is 26.5 Å². The molecule has 0 amide bonds. The van der Waals surface area contributed by atoms with Crippen LogP contribution in [0.5, 0.6) is 0 Å². The molecule has 1 rings (SSSR count). The molecule has 192 valence electrons. The lowest BCUT2D eigenvalue weighted by molar-refractivity contribution is -0.164. The zero-order valence-corrected chi connectivity index (χ0v) is 23.8. The van der Waals surface area contributed by atoms with Gasteiger partial charge < -0.3 is 13.9 Å². The molecule has 0 fully saturated rings. The Balaban J connectivity index is 2.53. The maximum Gasteiger partial charge on any atom is 0.340 e. The number of Topliss-reactive ketones (excluding diaryl/α,β-unsaturated/α-hetero) is 1. The lowest BCUT2D eigenvalue weighted by Gasteiger charge is -2.37. The summed E-state index contributed by atoms with van der Waals surface area (Å²) < 4.78 is 17.2. The Labute approximate surface area is 208 Å². The second kappa shape index (κ2) is 14.0. The average molecular weight is 491 g/mol. The first-order valence-electron chi connectivity index (χ1n) is 12.4. The van der Waals surface area contributed by atoms with E-state index in [9.17, 15) is 9.59 Å². The van der Waals surface area contributed by atoms with Crippen LogP contribution >= 0.6 is 0 Å². The Kier molecular flexibility index (Phi) is 12.4. The van der Waals surface area contributed by atoms with Gasteiger partial charge in [-0.05, 0) is 62.7 Å². The smallest absolute Gasteiger partial charge is 0.340 e. The van der Waals surface area contributed by atoms with Gasteiger partial charge in [-0.15, -0.1) is 0 Å². The average Bonchev–Trinajstić information content (AvgIpc) is 2.75. The molecule has 0 aromatic heterocycles. The number of benzene rings is 1. The van der Waals surface area contributed by atoms with Gasteiger partial charge in [0.25, 0.3) is 0 Å². The maximum atomic E-state index is 12.6. The Morgan fingerprint density at radius 2 is 1.71 bits per heavy atom. The summed E-state index contributed by atoms with van der Waals surface area (Å²) in [5.74, 6) is -0.205. The molecule has 0 heterocycles. The number of rotatable bonds is 14. The molecule has 0 N–H and O–H groups in total. The zero-order chi connectivity index (χ0) is 25.9. The molecule has 0 aliphatic rings. The summed E-state index contributed by atoms with van der Waals surface area (Å²) in [7, 11) is -0.242. The number of hydrogen-bond acceptors (Lipinski definition) is 5. The van der Waals surface area contributed by atoms with Gasteiger partial charge in [-0.25, -0.2) is 4.79 Å². The first-order valence-corrected chi connectivity index (χ1v) is 15.3. The van der Waals surface area contributed by atoms with Gasteiger partial charge in [0.1, 0.15) is 0 Å². The van der Waals surface area contributed by atoms with Crippen molar-refractivity contribution in [1.82, 2.24) is 0 Å². The van der Waals surface area contributed by atoms with Crippen LogP contribution in [0.1, 0.15) is 78.9 Å². The topological polar surface area (TPSA) is 61.8 Å². The number of ketones is 1. The summed E-state index contributed by atoms with van der Waals surface area (Å²) in [4.78, 5) is 24.8. The molecule has 0 bridgehead atoms. The number of esters is 1. The fourth-order valence-corrected chi connectivity index (χ4v) is 4.42. The van der Waals surface area contributed by atoms with Crippen molar-refractivity contribution in [3.8, 4) is 0 Å². The Hall–Kier alpha value is -1.76. The van der Waals surface area contributed by atoms with Crippen molar-refractivity contribution < 1.29 is 23.5 Å². The van der Waals surface area contributed by atoms with E-state index in [0.29, 0.717) is 17.9 Å². The third-order valence-electron chi connectivity index (χ3n) is 6.75. The van der Waals surface area contributed by atoms with Crippen LogP contribution in [-0.2, 0) is 23.5 Å². The van der Waals surface area contributed by atoms with Gasteiger partial charge in [-0.2, -0.15) is 0 Å². The number of methoxy groups -OCH3 is 1. The van der Waals surface area contributed by atoms with E-state index in [1.54, 1.807) is 12.1 Å². The lowest BCUT2D eigenvalue weighted by Crippen LogP contribution is -2.41. The minimum atomic E-state index is -1.70. The lowest BCUT2D eigenvalue weighted by atomic mass is 10.0. The third kappa shape index (κ3) is 10.2. The summed E-state index contributed by atoms with van der Waals surface area (Å²) in [5.41, 5.74) is 1.90. The van der Waals surface area contributed by atoms with Gasteiger partial charge in [0.2, 0.25) is 0 Å². The standard InChI is InChI=1S/C28H46O5Si/c1-21(14-13-15-22(2)20-32-34(8,9)28(4,5)6)18-19-25(23(3)29)33-27(30)26(31-7)24-16-11-10-12-17-24/h10-12,16-18,22,25-26H,13-15,19-20H2,1-9H3/t22?,25-,26+/m0/s1. The minimum absolute atomic E-state index is 0.170. The summed E-state index contributed by atoms with van der Waals surface area (Å²) in [6, 6.07) is 9.16. The molecule has 0 aliphatic carbocycles. The molecular weight excluding hydrogens is 444 g/mol. The van der Waals surface area contributed by atoms with Crippen LogP contribution in [0.25, 0.3) is 0 Å². The molecule has 1 aromatic rings. The second-order valence-electron chi connectivity index (χ2n) is 10.9. The number of allylic oxidation sites excluding steroid dienone is 1. The highest BCUT2D eigenvalue weighted by Gasteiger charge is 2.37. The quantitative estimate of drug-likeness (QED) is 0.159. The summed E-state index contributed by atoms with van der Waals surface area (Å²) in [6.45, 7) is 18.0. The Morgan fingerprint density at radius 3 is 2.24 bits per heavy atom. The van der Waals surface area contributed by atoms with Gasteiger partial charge >= 0.3 is 5.97 Å². The third-order valence-corrected chi connectivity index (χ3v) is 11.2. The van der Waals surface area contributed by atoms with Crippen LogP contribution < -0.4 is 0 Å². The highest BCUT2D eigenvalue weighted by Crippen LogP contribution is 2.37. The van der Waals surface area contributed by atoms with Crippen molar-refractivity contribution in [1.29, 1.82) is 0 Å². The van der Waals surface area contributed by atoms with E-state index >= 15 is 0 Å². The fraction of sp³-hybridized carbons (Fsp3) is 0.643. The predicted molar refractivity (Wildman–Crippen MR) is 141 cm³/mol. The van der Waals surface area contributed by atoms with E-state index in [1.165, 1.54) is 19.6 Å². The first kappa shape index (κ1) is 30.3. The molecular formula is C28H46O5Si. The van der Waals surface area contributed by atoms with Crippen LogP contribution in [0.4, 0.5) is 0 Å². The largest absolute Gasteiger partial charge is 0.452 e. The van der Waals surface area contributed by atoms with Crippen molar-refractivity contribution >= 4 is 20.1 Å². The van der Waals surface area contributed by atoms with Crippen molar-refractivity contribution in [3.63, 3.8) is 0 Å². The molecule has 1 aromatic carbocycles. The van der Waals surface area contributed by atoms with Crippen LogP contribution in [-0.4, -0.2) is 39.9 Å². The number of carbonyl (C=O) groups excluding carboxylic acids is 2. The Morgan fingerprint density at radius 1 is 1.09 bits per heavy atom. The molecule has 1 unspecified atom stereocenters. The highest BCUT2D eigenvalue weighted by molar-refractivity contribution is 6.74. The fourth-order valence-electron chi connectivity index (χ4n) is 3.29. The summed E-state index contributed by atoms with van der Waals surface area (Å²) in [5, 5.41) is 0.229. The van der Waals surface area contributed by atoms with E-state index in [1.807, 2.05) is 24.3 Å².